The van der Waals surface area contributed by atoms with Gasteiger partial charge in [0.25, 0.3) is 5.91 Å². The van der Waals surface area contributed by atoms with Crippen LogP contribution in [-0.4, -0.2) is 44.3 Å². The molecule has 34 heavy (non-hydrogen) atoms. The van der Waals surface area contributed by atoms with Crippen molar-refractivity contribution in [2.24, 2.45) is 0 Å². The molecule has 0 saturated heterocycles. The third kappa shape index (κ3) is 4.52. The monoisotopic (exact) mass is 459 g/mol. The Kier molecular flexibility index (Phi) is 6.40. The number of fused-ring (bicyclic) bond motifs is 2. The molecule has 0 unspecified atom stereocenters. The number of ether oxygens (including phenoxy) is 3. The Bertz CT molecular complexity index is 1310. The molecule has 1 aliphatic rings. The zero-order chi connectivity index (χ0) is 24.2. The summed E-state index contributed by atoms with van der Waals surface area (Å²) in [6.45, 7) is -0.510. The van der Waals surface area contributed by atoms with Crippen molar-refractivity contribution in [3.63, 3.8) is 0 Å². The van der Waals surface area contributed by atoms with Gasteiger partial charge in [0.1, 0.15) is 11.5 Å². The van der Waals surface area contributed by atoms with Crippen molar-refractivity contribution in [2.45, 2.75) is 6.42 Å². The van der Waals surface area contributed by atoms with Gasteiger partial charge in [-0.3, -0.25) is 19.2 Å². The highest BCUT2D eigenvalue weighted by Gasteiger charge is 2.29. The largest absolute Gasteiger partial charge is 0.497 e. The highest BCUT2D eigenvalue weighted by Crippen LogP contribution is 2.29. The summed E-state index contributed by atoms with van der Waals surface area (Å²) >= 11 is 0. The Balaban J connectivity index is 1.38. The molecule has 172 valence electrons. The minimum atomic E-state index is -0.610. The van der Waals surface area contributed by atoms with Crippen LogP contribution in [0, 0.1) is 0 Å². The van der Waals surface area contributed by atoms with E-state index in [0.29, 0.717) is 33.9 Å². The summed E-state index contributed by atoms with van der Waals surface area (Å²) in [7, 11) is 3.00. The van der Waals surface area contributed by atoms with Crippen LogP contribution in [0.15, 0.2) is 60.7 Å². The fourth-order valence-electron chi connectivity index (χ4n) is 3.72. The van der Waals surface area contributed by atoms with E-state index in [1.807, 2.05) is 0 Å². The normalized spacial score (nSPS) is 11.8. The molecular weight excluding hydrogens is 438 g/mol. The quantitative estimate of drug-likeness (QED) is 0.423. The van der Waals surface area contributed by atoms with Crippen LogP contribution in [0.5, 0.6) is 11.5 Å². The lowest BCUT2D eigenvalue weighted by Crippen LogP contribution is -2.23. The van der Waals surface area contributed by atoms with Gasteiger partial charge in [-0.15, -0.1) is 0 Å². The third-order valence-electron chi connectivity index (χ3n) is 5.40. The van der Waals surface area contributed by atoms with Gasteiger partial charge in [-0.2, -0.15) is 0 Å². The molecule has 0 fully saturated rings. The summed E-state index contributed by atoms with van der Waals surface area (Å²) in [5.41, 5.74) is 2.08. The van der Waals surface area contributed by atoms with E-state index < -0.39 is 18.5 Å². The lowest BCUT2D eigenvalue weighted by molar-refractivity contribution is -0.146. The molecule has 1 amide bonds. The van der Waals surface area contributed by atoms with E-state index in [1.54, 1.807) is 42.5 Å². The molecule has 4 rings (SSSR count). The molecule has 3 aromatic rings. The smallest absolute Gasteiger partial charge is 0.310 e. The van der Waals surface area contributed by atoms with Crippen molar-refractivity contribution in [1.29, 1.82) is 0 Å². The van der Waals surface area contributed by atoms with Crippen molar-refractivity contribution < 1.29 is 33.4 Å². The van der Waals surface area contributed by atoms with Gasteiger partial charge in [-0.05, 0) is 24.3 Å². The zero-order valence-corrected chi connectivity index (χ0v) is 18.5. The number of hydrogen-bond acceptors (Lipinski definition) is 7. The van der Waals surface area contributed by atoms with Crippen molar-refractivity contribution in [1.82, 2.24) is 0 Å². The number of hydrogen-bond donors (Lipinski definition) is 1. The highest BCUT2D eigenvalue weighted by atomic mass is 16.5. The van der Waals surface area contributed by atoms with Crippen LogP contribution in [0.2, 0.25) is 0 Å². The predicted octanol–water partition coefficient (Wildman–Crippen LogP) is 3.20. The van der Waals surface area contributed by atoms with Crippen LogP contribution in [0.3, 0.4) is 0 Å². The van der Waals surface area contributed by atoms with Gasteiger partial charge >= 0.3 is 5.97 Å². The molecule has 3 aromatic carbocycles. The van der Waals surface area contributed by atoms with Crippen LogP contribution in [0.4, 0.5) is 5.69 Å². The Morgan fingerprint density at radius 3 is 2.15 bits per heavy atom. The number of ketones is 2. The third-order valence-corrected chi connectivity index (χ3v) is 5.40. The number of rotatable bonds is 7. The topological polar surface area (TPSA) is 108 Å². The first-order valence-corrected chi connectivity index (χ1v) is 10.4. The van der Waals surface area contributed by atoms with Crippen molar-refractivity contribution in [3.8, 4) is 11.5 Å². The zero-order valence-electron chi connectivity index (χ0n) is 18.5. The second kappa shape index (κ2) is 9.58. The van der Waals surface area contributed by atoms with E-state index >= 15 is 0 Å². The maximum Gasteiger partial charge on any atom is 0.310 e. The minimum absolute atomic E-state index is 0.0880. The molecular formula is C26H21NO7. The summed E-state index contributed by atoms with van der Waals surface area (Å²) < 4.78 is 15.5. The second-order valence-electron chi connectivity index (χ2n) is 7.53. The number of esters is 1. The van der Waals surface area contributed by atoms with Gasteiger partial charge in [0.2, 0.25) is 0 Å². The summed E-state index contributed by atoms with van der Waals surface area (Å²) in [6.07, 6.45) is -0.0880. The molecule has 8 nitrogen and oxygen atoms in total. The van der Waals surface area contributed by atoms with Crippen molar-refractivity contribution in [2.75, 3.05) is 26.1 Å². The van der Waals surface area contributed by atoms with Gasteiger partial charge in [-0.25, -0.2) is 0 Å². The van der Waals surface area contributed by atoms with Crippen LogP contribution in [-0.2, 0) is 20.7 Å². The lowest BCUT2D eigenvalue weighted by Gasteiger charge is -2.18. The molecule has 0 radical (unpaired) electrons. The van der Waals surface area contributed by atoms with E-state index in [4.69, 9.17) is 14.2 Å². The molecule has 0 bridgehead atoms. The van der Waals surface area contributed by atoms with E-state index in [-0.39, 0.29) is 29.1 Å². The first-order chi connectivity index (χ1) is 16.4. The average Bonchev–Trinajstić information content (AvgIpc) is 2.86. The molecule has 1 aliphatic carbocycles. The maximum absolute atomic E-state index is 12.8. The van der Waals surface area contributed by atoms with Crippen molar-refractivity contribution >= 4 is 29.1 Å². The number of carbonyl (C=O) groups excluding carboxylic acids is 4. The van der Waals surface area contributed by atoms with Crippen LogP contribution >= 0.6 is 0 Å². The molecule has 1 N–H and O–H groups in total. The van der Waals surface area contributed by atoms with E-state index in [0.717, 1.165) is 0 Å². The molecule has 0 aromatic heterocycles. The van der Waals surface area contributed by atoms with Gasteiger partial charge in [0.05, 0.1) is 20.6 Å². The molecule has 0 aliphatic heterocycles. The maximum atomic E-state index is 12.8. The summed E-state index contributed by atoms with van der Waals surface area (Å²) in [5, 5.41) is 2.59. The van der Waals surface area contributed by atoms with Gasteiger partial charge in [0, 0.05) is 39.6 Å². The first kappa shape index (κ1) is 22.7. The SMILES string of the molecule is COc1ccc(CC(=O)OCC(=O)Nc2ccc3c(c2)C(=O)c2ccccc2C3=O)c(OC)c1. The number of anilines is 1. The Morgan fingerprint density at radius 2 is 1.47 bits per heavy atom. The fraction of sp³-hybridized carbons (Fsp3) is 0.154. The number of carbonyl (C=O) groups is 4. The Morgan fingerprint density at radius 1 is 0.794 bits per heavy atom. The standard InChI is InChI=1S/C26H21NO7/c1-32-17-9-7-15(22(13-17)33-2)11-24(29)34-14-23(28)27-16-8-10-20-21(12-16)26(31)19-6-4-3-5-18(19)25(20)30/h3-10,12-13H,11,14H2,1-2H3,(H,27,28). The molecule has 8 heteroatoms. The summed E-state index contributed by atoms with van der Waals surface area (Å²) in [6, 6.07) is 16.1. The number of amides is 1. The van der Waals surface area contributed by atoms with E-state index in [9.17, 15) is 19.2 Å². The van der Waals surface area contributed by atoms with Crippen molar-refractivity contribution in [3.05, 3.63) is 88.5 Å². The first-order valence-electron chi connectivity index (χ1n) is 10.4. The van der Waals surface area contributed by atoms with Crippen LogP contribution in [0.25, 0.3) is 0 Å². The Hall–Kier alpha value is -4.46. The predicted molar refractivity (Wildman–Crippen MR) is 123 cm³/mol. The minimum Gasteiger partial charge on any atom is -0.497 e. The summed E-state index contributed by atoms with van der Waals surface area (Å²) in [4.78, 5) is 50.0. The Labute approximate surface area is 195 Å². The fourth-order valence-corrected chi connectivity index (χ4v) is 3.72. The molecule has 0 saturated carbocycles. The lowest BCUT2D eigenvalue weighted by atomic mass is 9.84. The second-order valence-corrected chi connectivity index (χ2v) is 7.53. The number of methoxy groups -OCH3 is 2. The van der Waals surface area contributed by atoms with Gasteiger partial charge < -0.3 is 19.5 Å². The number of nitrogens with one attached hydrogen (secondary N) is 1. The van der Waals surface area contributed by atoms with E-state index in [2.05, 4.69) is 5.32 Å². The molecule has 0 heterocycles. The van der Waals surface area contributed by atoms with Gasteiger partial charge in [0.15, 0.2) is 18.2 Å². The number of benzene rings is 3. The van der Waals surface area contributed by atoms with Crippen LogP contribution < -0.4 is 14.8 Å². The van der Waals surface area contributed by atoms with Crippen LogP contribution in [0.1, 0.15) is 37.4 Å². The molecule has 0 spiro atoms. The average molecular weight is 459 g/mol. The van der Waals surface area contributed by atoms with Gasteiger partial charge in [-0.1, -0.05) is 30.3 Å². The molecule has 0 atom stereocenters. The van der Waals surface area contributed by atoms with E-state index in [1.165, 1.54) is 32.4 Å². The summed E-state index contributed by atoms with van der Waals surface area (Å²) in [5.74, 6) is -0.670. The highest BCUT2D eigenvalue weighted by molar-refractivity contribution is 6.28.